The van der Waals surface area contributed by atoms with Crippen LogP contribution in [0.1, 0.15) is 33.6 Å². The van der Waals surface area contributed by atoms with E-state index in [9.17, 15) is 10.4 Å². The highest BCUT2D eigenvalue weighted by atomic mass is 16.3. The predicted octanol–water partition coefficient (Wildman–Crippen LogP) is 1.94. The Kier molecular flexibility index (Phi) is 1.45. The van der Waals surface area contributed by atoms with E-state index in [2.05, 4.69) is 26.8 Å². The summed E-state index contributed by atoms with van der Waals surface area (Å²) >= 11 is 0. The van der Waals surface area contributed by atoms with Crippen molar-refractivity contribution in [3.8, 4) is 6.07 Å². The van der Waals surface area contributed by atoms with Gasteiger partial charge in [0, 0.05) is 12.5 Å². The molecule has 72 valence electrons. The van der Waals surface area contributed by atoms with Gasteiger partial charge in [-0.1, -0.05) is 20.8 Å². The lowest BCUT2D eigenvalue weighted by Crippen LogP contribution is -2.63. The van der Waals surface area contributed by atoms with Crippen LogP contribution in [0.25, 0.3) is 0 Å². The molecule has 0 radical (unpaired) electrons. The number of nitrogens with zero attached hydrogens (tertiary/aromatic N) is 1. The molecule has 0 aliphatic heterocycles. The van der Waals surface area contributed by atoms with Crippen LogP contribution in [0.5, 0.6) is 0 Å². The van der Waals surface area contributed by atoms with Crippen molar-refractivity contribution in [2.24, 2.45) is 22.2 Å². The van der Waals surface area contributed by atoms with E-state index >= 15 is 0 Å². The maximum atomic E-state index is 9.31. The Morgan fingerprint density at radius 2 is 2.00 bits per heavy atom. The molecule has 0 aromatic carbocycles. The largest absolute Gasteiger partial charge is 0.396 e. The van der Waals surface area contributed by atoms with Gasteiger partial charge in [-0.05, 0) is 23.7 Å². The Bertz CT molecular complexity index is 291. The number of nitriles is 1. The van der Waals surface area contributed by atoms with Crippen LogP contribution in [0, 0.1) is 33.5 Å². The molecular weight excluding hydrogens is 162 g/mol. The normalized spacial score (nSPS) is 51.2. The van der Waals surface area contributed by atoms with E-state index in [1.165, 1.54) is 0 Å². The van der Waals surface area contributed by atoms with E-state index in [4.69, 9.17) is 0 Å². The molecule has 0 amide bonds. The van der Waals surface area contributed by atoms with E-state index in [1.54, 1.807) is 0 Å². The molecule has 1 unspecified atom stereocenters. The highest BCUT2D eigenvalue weighted by molar-refractivity contribution is 5.31. The third-order valence-electron chi connectivity index (χ3n) is 5.33. The van der Waals surface area contributed by atoms with Crippen molar-refractivity contribution in [3.05, 3.63) is 0 Å². The van der Waals surface area contributed by atoms with Gasteiger partial charge in [0.2, 0.25) is 0 Å². The van der Waals surface area contributed by atoms with Crippen molar-refractivity contribution < 1.29 is 5.11 Å². The summed E-state index contributed by atoms with van der Waals surface area (Å²) < 4.78 is 0. The van der Waals surface area contributed by atoms with Gasteiger partial charge in [-0.3, -0.25) is 0 Å². The second-order valence-electron chi connectivity index (χ2n) is 5.36. The summed E-state index contributed by atoms with van der Waals surface area (Å²) in [5, 5.41) is 18.6. The smallest absolute Gasteiger partial charge is 0.0699 e. The number of aliphatic hydroxyl groups excluding tert-OH is 1. The highest BCUT2D eigenvalue weighted by Crippen LogP contribution is 2.80. The molecule has 2 heteroatoms. The van der Waals surface area contributed by atoms with E-state index in [1.807, 2.05) is 0 Å². The molecule has 0 heterocycles. The first-order chi connectivity index (χ1) is 5.96. The lowest BCUT2D eigenvalue weighted by molar-refractivity contribution is -0.178. The van der Waals surface area contributed by atoms with E-state index < -0.39 is 0 Å². The van der Waals surface area contributed by atoms with E-state index in [-0.39, 0.29) is 28.8 Å². The fourth-order valence-corrected chi connectivity index (χ4v) is 3.91. The zero-order chi connectivity index (χ0) is 9.91. The SMILES string of the molecule is CC1(C)C2(C#N)CC[C@]1(C)[C@@H]2CO. The van der Waals surface area contributed by atoms with Crippen LogP contribution < -0.4 is 0 Å². The second kappa shape index (κ2) is 2.09. The average Bonchev–Trinajstić information content (AvgIpc) is 2.50. The molecule has 3 saturated carbocycles. The molecule has 3 aliphatic rings. The van der Waals surface area contributed by atoms with Crippen LogP contribution >= 0.6 is 0 Å². The molecule has 0 spiro atoms. The Labute approximate surface area is 79.6 Å². The molecule has 3 atom stereocenters. The van der Waals surface area contributed by atoms with Gasteiger partial charge in [0.15, 0.2) is 0 Å². The molecule has 2 bridgehead atoms. The zero-order valence-corrected chi connectivity index (χ0v) is 8.59. The standard InChI is InChI=1S/C11H17NO/c1-9(2)10(3)4-5-11(9,7-12)8(10)6-13/h8,13H,4-6H2,1-3H3/t8-,10+,11?/m0/s1. The molecule has 0 saturated heterocycles. The van der Waals surface area contributed by atoms with Gasteiger partial charge in [-0.25, -0.2) is 0 Å². The summed E-state index contributed by atoms with van der Waals surface area (Å²) in [6, 6.07) is 2.46. The van der Waals surface area contributed by atoms with Crippen LogP contribution in [-0.2, 0) is 0 Å². The number of aliphatic hydroxyl groups is 1. The summed E-state index contributed by atoms with van der Waals surface area (Å²) in [4.78, 5) is 0. The third kappa shape index (κ3) is 0.595. The third-order valence-corrected chi connectivity index (χ3v) is 5.33. The van der Waals surface area contributed by atoms with Gasteiger partial charge in [-0.2, -0.15) is 5.26 Å². The first-order valence-electron chi connectivity index (χ1n) is 4.98. The maximum Gasteiger partial charge on any atom is 0.0699 e. The first kappa shape index (κ1) is 9.02. The van der Waals surface area contributed by atoms with Crippen molar-refractivity contribution in [1.82, 2.24) is 0 Å². The van der Waals surface area contributed by atoms with Crippen molar-refractivity contribution in [2.75, 3.05) is 6.61 Å². The monoisotopic (exact) mass is 179 g/mol. The molecule has 0 aromatic heterocycles. The second-order valence-corrected chi connectivity index (χ2v) is 5.36. The van der Waals surface area contributed by atoms with Crippen LogP contribution in [0.15, 0.2) is 0 Å². The molecule has 3 rings (SSSR count). The maximum absolute atomic E-state index is 9.31. The van der Waals surface area contributed by atoms with Gasteiger partial charge in [0.05, 0.1) is 11.5 Å². The minimum atomic E-state index is -0.240. The number of hydrogen-bond donors (Lipinski definition) is 1. The summed E-state index contributed by atoms with van der Waals surface area (Å²) in [6.07, 6.45) is 2.07. The van der Waals surface area contributed by atoms with Gasteiger partial charge >= 0.3 is 0 Å². The number of hydrogen-bond acceptors (Lipinski definition) is 2. The fraction of sp³-hybridized carbons (Fsp3) is 0.909. The quantitative estimate of drug-likeness (QED) is 0.668. The van der Waals surface area contributed by atoms with Gasteiger partial charge in [0.1, 0.15) is 0 Å². The van der Waals surface area contributed by atoms with Crippen molar-refractivity contribution in [3.63, 3.8) is 0 Å². The summed E-state index contributed by atoms with van der Waals surface area (Å²) in [5.41, 5.74) is 0.0378. The van der Waals surface area contributed by atoms with Crippen molar-refractivity contribution in [2.45, 2.75) is 33.6 Å². The predicted molar refractivity (Wildman–Crippen MR) is 49.7 cm³/mol. The lowest BCUT2D eigenvalue weighted by Gasteiger charge is -2.63. The number of rotatable bonds is 1. The summed E-state index contributed by atoms with van der Waals surface area (Å²) in [5.74, 6) is 0.208. The van der Waals surface area contributed by atoms with E-state index in [0.717, 1.165) is 12.8 Å². The summed E-state index contributed by atoms with van der Waals surface area (Å²) in [6.45, 7) is 6.74. The van der Waals surface area contributed by atoms with Crippen molar-refractivity contribution in [1.29, 1.82) is 5.26 Å². The van der Waals surface area contributed by atoms with Crippen molar-refractivity contribution >= 4 is 0 Å². The van der Waals surface area contributed by atoms with Gasteiger partial charge < -0.3 is 5.11 Å². The molecule has 3 fully saturated rings. The molecular formula is C11H17NO. The Morgan fingerprint density at radius 3 is 2.31 bits per heavy atom. The number of fused-ring (bicyclic) bond motifs is 1. The van der Waals surface area contributed by atoms with E-state index in [0.29, 0.717) is 0 Å². The van der Waals surface area contributed by atoms with Gasteiger partial charge in [0.25, 0.3) is 0 Å². The van der Waals surface area contributed by atoms with Crippen LogP contribution in [-0.4, -0.2) is 11.7 Å². The average molecular weight is 179 g/mol. The lowest BCUT2D eigenvalue weighted by atomic mass is 9.38. The first-order valence-corrected chi connectivity index (χ1v) is 4.98. The fourth-order valence-electron chi connectivity index (χ4n) is 3.91. The minimum absolute atomic E-state index is 0.0855. The van der Waals surface area contributed by atoms with Crippen LogP contribution in [0.3, 0.4) is 0 Å². The molecule has 3 aliphatic carbocycles. The highest BCUT2D eigenvalue weighted by Gasteiger charge is 2.77. The Morgan fingerprint density at radius 1 is 1.38 bits per heavy atom. The zero-order valence-electron chi connectivity index (χ0n) is 8.59. The van der Waals surface area contributed by atoms with Crippen LogP contribution in [0.4, 0.5) is 0 Å². The molecule has 13 heavy (non-hydrogen) atoms. The Balaban J connectivity index is 2.47. The molecule has 0 aromatic rings. The van der Waals surface area contributed by atoms with Gasteiger partial charge in [-0.15, -0.1) is 0 Å². The minimum Gasteiger partial charge on any atom is -0.396 e. The topological polar surface area (TPSA) is 44.0 Å². The molecule has 2 nitrogen and oxygen atoms in total. The summed E-state index contributed by atoms with van der Waals surface area (Å²) in [7, 11) is 0. The molecule has 1 N–H and O–H groups in total. The Hall–Kier alpha value is -0.550. The van der Waals surface area contributed by atoms with Crippen LogP contribution in [0.2, 0.25) is 0 Å².